The van der Waals surface area contributed by atoms with Gasteiger partial charge in [-0.05, 0) is 6.42 Å². The van der Waals surface area contributed by atoms with Gasteiger partial charge >= 0.3 is 51.4 Å². The van der Waals surface area contributed by atoms with Gasteiger partial charge in [0, 0.05) is 6.61 Å². The minimum atomic E-state index is 0. The number of aliphatic hydroxyl groups excluding tert-OH is 1. The number of hydrogen-bond donors (Lipinski definition) is 1. The van der Waals surface area contributed by atoms with Gasteiger partial charge in [0.25, 0.3) is 0 Å². The van der Waals surface area contributed by atoms with Gasteiger partial charge < -0.3 is 10.2 Å². The predicted molar refractivity (Wildman–Crippen MR) is 35.0 cm³/mol. The van der Waals surface area contributed by atoms with Crippen molar-refractivity contribution < 1.29 is 61.6 Å². The number of unbranched alkanes of at least 4 members (excludes halogenated alkanes) is 4. The molecule has 0 saturated heterocycles. The van der Waals surface area contributed by atoms with E-state index in [1.54, 1.807) is 0 Å². The van der Waals surface area contributed by atoms with Crippen LogP contribution in [0, 0.1) is 0 Å². The second kappa shape index (κ2) is 13.2. The first-order valence-electron chi connectivity index (χ1n) is 3.60. The maximum absolute atomic E-state index is 9.91. The first-order valence-corrected chi connectivity index (χ1v) is 3.60. The Labute approximate surface area is 105 Å². The third kappa shape index (κ3) is 12.3. The zero-order chi connectivity index (χ0) is 6.95. The molecule has 0 aromatic heterocycles. The molecule has 0 radical (unpaired) electrons. The molecule has 0 fully saturated rings. The average Bonchev–Trinajstić information content (AvgIpc) is 1.89. The molecule has 0 saturated carbocycles. The molecule has 2 nitrogen and oxygen atoms in total. The zero-order valence-electron chi connectivity index (χ0n) is 6.81. The summed E-state index contributed by atoms with van der Waals surface area (Å²) in [5.41, 5.74) is 0. The van der Waals surface area contributed by atoms with E-state index in [1.807, 2.05) is 0 Å². The molecule has 0 spiro atoms. The van der Waals surface area contributed by atoms with E-state index < -0.39 is 0 Å². The van der Waals surface area contributed by atoms with Gasteiger partial charge in [-0.25, -0.2) is 0 Å². The Bertz CT molecular complexity index is 44.9. The van der Waals surface area contributed by atoms with Gasteiger partial charge in [-0.15, -0.1) is 6.61 Å². The minimum Gasteiger partial charge on any atom is -0.854 e. The molecule has 0 bridgehead atoms. The van der Waals surface area contributed by atoms with E-state index in [0.717, 1.165) is 32.1 Å². The van der Waals surface area contributed by atoms with Gasteiger partial charge in [0.2, 0.25) is 0 Å². The summed E-state index contributed by atoms with van der Waals surface area (Å²) in [7, 11) is 0. The summed E-state index contributed by atoms with van der Waals surface area (Å²) in [4.78, 5) is 0. The summed E-state index contributed by atoms with van der Waals surface area (Å²) in [6.45, 7) is 0.344. The standard InChI is InChI=1S/C7H15O2.K/c8-6-4-2-1-3-5-7-9;/h8H,1-7H2;/q-1;+1. The van der Waals surface area contributed by atoms with E-state index in [2.05, 4.69) is 0 Å². The average molecular weight is 170 g/mol. The van der Waals surface area contributed by atoms with Crippen molar-refractivity contribution in [3.05, 3.63) is 0 Å². The van der Waals surface area contributed by atoms with Crippen molar-refractivity contribution in [2.45, 2.75) is 32.1 Å². The van der Waals surface area contributed by atoms with Crippen LogP contribution in [0.4, 0.5) is 0 Å². The Morgan fingerprint density at radius 2 is 1.40 bits per heavy atom. The van der Waals surface area contributed by atoms with E-state index in [0.29, 0.717) is 0 Å². The molecule has 3 heteroatoms. The SMILES string of the molecule is [K+].[O-]CCCCCCCO. The largest absolute Gasteiger partial charge is 1.00 e. The van der Waals surface area contributed by atoms with Crippen LogP contribution < -0.4 is 56.5 Å². The van der Waals surface area contributed by atoms with Crippen LogP contribution >= 0.6 is 0 Å². The number of rotatable bonds is 6. The molecule has 0 atom stereocenters. The number of aliphatic hydroxyl groups is 1. The van der Waals surface area contributed by atoms with Crippen LogP contribution in [0.25, 0.3) is 0 Å². The second-order valence-electron chi connectivity index (χ2n) is 2.20. The maximum atomic E-state index is 9.91. The smallest absolute Gasteiger partial charge is 0.854 e. The van der Waals surface area contributed by atoms with E-state index in [9.17, 15) is 5.11 Å². The van der Waals surface area contributed by atoms with Crippen molar-refractivity contribution >= 4 is 0 Å². The normalized spacial score (nSPS) is 9.00. The molecule has 0 aromatic carbocycles. The van der Waals surface area contributed by atoms with Crippen LogP contribution in [-0.2, 0) is 0 Å². The fourth-order valence-corrected chi connectivity index (χ4v) is 0.744. The minimum absolute atomic E-state index is 0. The summed E-state index contributed by atoms with van der Waals surface area (Å²) in [5.74, 6) is 0. The van der Waals surface area contributed by atoms with Gasteiger partial charge in [-0.3, -0.25) is 0 Å². The Morgan fingerprint density at radius 1 is 0.900 bits per heavy atom. The summed E-state index contributed by atoms with van der Waals surface area (Å²) >= 11 is 0. The van der Waals surface area contributed by atoms with Gasteiger partial charge in [0.1, 0.15) is 0 Å². The molecule has 0 amide bonds. The van der Waals surface area contributed by atoms with E-state index in [4.69, 9.17) is 5.11 Å². The predicted octanol–water partition coefficient (Wildman–Crippen LogP) is -2.71. The third-order valence-electron chi connectivity index (χ3n) is 1.30. The van der Waals surface area contributed by atoms with Crippen molar-refractivity contribution in [2.24, 2.45) is 0 Å². The fraction of sp³-hybridized carbons (Fsp3) is 1.00. The van der Waals surface area contributed by atoms with Crippen LogP contribution in [0.2, 0.25) is 0 Å². The van der Waals surface area contributed by atoms with E-state index in [1.165, 1.54) is 0 Å². The molecule has 0 aliphatic rings. The topological polar surface area (TPSA) is 43.3 Å². The van der Waals surface area contributed by atoms with Gasteiger partial charge in [0.05, 0.1) is 0 Å². The van der Waals surface area contributed by atoms with Crippen LogP contribution in [0.3, 0.4) is 0 Å². The summed E-state index contributed by atoms with van der Waals surface area (Å²) in [6.07, 6.45) is 4.88. The Hall–Kier alpha value is 1.56. The molecule has 56 valence electrons. The van der Waals surface area contributed by atoms with Crippen LogP contribution in [-0.4, -0.2) is 18.3 Å². The molecule has 1 N–H and O–H groups in total. The van der Waals surface area contributed by atoms with Crippen molar-refractivity contribution in [3.8, 4) is 0 Å². The zero-order valence-corrected chi connectivity index (χ0v) is 9.93. The monoisotopic (exact) mass is 170 g/mol. The summed E-state index contributed by atoms with van der Waals surface area (Å²) in [5, 5.41) is 18.3. The molecule has 0 heterocycles. The van der Waals surface area contributed by atoms with Crippen molar-refractivity contribution in [2.75, 3.05) is 13.2 Å². The van der Waals surface area contributed by atoms with Gasteiger partial charge in [-0.1, -0.05) is 25.7 Å². The third-order valence-corrected chi connectivity index (χ3v) is 1.30. The second-order valence-corrected chi connectivity index (χ2v) is 2.20. The first kappa shape index (κ1) is 14.1. The molecule has 0 aliphatic carbocycles. The Morgan fingerprint density at radius 3 is 1.90 bits per heavy atom. The molecule has 10 heavy (non-hydrogen) atoms. The van der Waals surface area contributed by atoms with Crippen LogP contribution in [0.1, 0.15) is 32.1 Å². The molecule has 0 aliphatic heterocycles. The van der Waals surface area contributed by atoms with Gasteiger partial charge in [0.15, 0.2) is 0 Å². The van der Waals surface area contributed by atoms with Crippen LogP contribution in [0.5, 0.6) is 0 Å². The van der Waals surface area contributed by atoms with E-state index in [-0.39, 0.29) is 64.6 Å². The molecular weight excluding hydrogens is 155 g/mol. The molecular formula is C7H15KO2. The van der Waals surface area contributed by atoms with Crippen molar-refractivity contribution in [1.29, 1.82) is 0 Å². The quantitative estimate of drug-likeness (QED) is 0.348. The Kier molecular flexibility index (Phi) is 18.6. The molecule has 0 rings (SSSR count). The van der Waals surface area contributed by atoms with Crippen LogP contribution in [0.15, 0.2) is 0 Å². The van der Waals surface area contributed by atoms with Crippen molar-refractivity contribution in [1.82, 2.24) is 0 Å². The first-order chi connectivity index (χ1) is 4.41. The summed E-state index contributed by atoms with van der Waals surface area (Å²) < 4.78 is 0. The molecule has 0 aromatic rings. The maximum Gasteiger partial charge on any atom is 1.00 e. The van der Waals surface area contributed by atoms with Gasteiger partial charge in [-0.2, -0.15) is 0 Å². The van der Waals surface area contributed by atoms with E-state index >= 15 is 0 Å². The summed E-state index contributed by atoms with van der Waals surface area (Å²) in [6, 6.07) is 0. The fourth-order valence-electron chi connectivity index (χ4n) is 0.744. The Balaban J connectivity index is 0. The molecule has 0 unspecified atom stereocenters. The van der Waals surface area contributed by atoms with Crippen molar-refractivity contribution in [3.63, 3.8) is 0 Å². The number of hydrogen-bond acceptors (Lipinski definition) is 2.